The molecule has 7 heteroatoms. The average molecular weight is 387 g/mol. The van der Waals surface area contributed by atoms with Crippen LogP contribution in [0.3, 0.4) is 0 Å². The Morgan fingerprint density at radius 3 is 2.30 bits per heavy atom. The summed E-state index contributed by atoms with van der Waals surface area (Å²) in [5, 5.41) is 0. The summed E-state index contributed by atoms with van der Waals surface area (Å²) in [7, 11) is -2.28. The van der Waals surface area contributed by atoms with E-state index in [4.69, 9.17) is 9.47 Å². The molecule has 0 saturated heterocycles. The largest absolute Gasteiger partial charge is 0.497 e. The maximum Gasteiger partial charge on any atom is 0.261 e. The predicted molar refractivity (Wildman–Crippen MR) is 101 cm³/mol. The standard InChI is InChI=1S/C20H18FNO4S/c1-14-6-9-18(10-7-14)27(23,24)22-15-8-11-20(19(21)12-15)26-17-5-3-4-16(13-17)25-2/h3-13,22H,1-2H3. The maximum atomic E-state index is 14.4. The van der Waals surface area contributed by atoms with E-state index in [1.807, 2.05) is 6.92 Å². The lowest BCUT2D eigenvalue weighted by Crippen LogP contribution is -2.13. The zero-order valence-corrected chi connectivity index (χ0v) is 15.6. The topological polar surface area (TPSA) is 64.6 Å². The zero-order valence-electron chi connectivity index (χ0n) is 14.8. The van der Waals surface area contributed by atoms with Crippen LogP contribution in [0.25, 0.3) is 0 Å². The fraction of sp³-hybridized carbons (Fsp3) is 0.100. The normalized spacial score (nSPS) is 11.1. The molecule has 5 nitrogen and oxygen atoms in total. The summed E-state index contributed by atoms with van der Waals surface area (Å²) in [4.78, 5) is 0.102. The summed E-state index contributed by atoms with van der Waals surface area (Å²) in [6.45, 7) is 1.86. The molecule has 0 aliphatic heterocycles. The molecule has 0 saturated carbocycles. The average Bonchev–Trinajstić information content (AvgIpc) is 2.64. The Hall–Kier alpha value is -3.06. The molecule has 0 radical (unpaired) electrons. The van der Waals surface area contributed by atoms with Gasteiger partial charge >= 0.3 is 0 Å². The minimum absolute atomic E-state index is 0.0264. The number of hydrogen-bond acceptors (Lipinski definition) is 4. The van der Waals surface area contributed by atoms with Crippen LogP contribution in [0, 0.1) is 12.7 Å². The van der Waals surface area contributed by atoms with Crippen molar-refractivity contribution in [1.82, 2.24) is 0 Å². The van der Waals surface area contributed by atoms with Gasteiger partial charge in [-0.05, 0) is 43.3 Å². The summed E-state index contributed by atoms with van der Waals surface area (Å²) in [6, 6.07) is 17.0. The highest BCUT2D eigenvalue weighted by molar-refractivity contribution is 7.92. The van der Waals surface area contributed by atoms with Crippen molar-refractivity contribution in [2.24, 2.45) is 0 Å². The first-order chi connectivity index (χ1) is 12.9. The first kappa shape index (κ1) is 18.7. The lowest BCUT2D eigenvalue weighted by molar-refractivity contribution is 0.405. The van der Waals surface area contributed by atoms with Crippen molar-refractivity contribution in [3.8, 4) is 17.2 Å². The SMILES string of the molecule is COc1cccc(Oc2ccc(NS(=O)(=O)c3ccc(C)cc3)cc2F)c1. The minimum Gasteiger partial charge on any atom is -0.497 e. The van der Waals surface area contributed by atoms with Crippen molar-refractivity contribution in [2.45, 2.75) is 11.8 Å². The Morgan fingerprint density at radius 1 is 0.926 bits per heavy atom. The Labute approximate surface area is 157 Å². The van der Waals surface area contributed by atoms with Crippen LogP contribution in [0.1, 0.15) is 5.56 Å². The van der Waals surface area contributed by atoms with Crippen molar-refractivity contribution < 1.29 is 22.3 Å². The number of aryl methyl sites for hydroxylation is 1. The molecule has 3 aromatic carbocycles. The third-order valence-electron chi connectivity index (χ3n) is 3.78. The van der Waals surface area contributed by atoms with E-state index in [0.29, 0.717) is 11.5 Å². The maximum absolute atomic E-state index is 14.4. The van der Waals surface area contributed by atoms with Gasteiger partial charge in [-0.25, -0.2) is 12.8 Å². The molecule has 0 aromatic heterocycles. The number of methoxy groups -OCH3 is 1. The second-order valence-corrected chi connectivity index (χ2v) is 7.53. The molecule has 3 aromatic rings. The van der Waals surface area contributed by atoms with Crippen LogP contribution in [0.15, 0.2) is 71.6 Å². The fourth-order valence-corrected chi connectivity index (χ4v) is 3.42. The monoisotopic (exact) mass is 387 g/mol. The van der Waals surface area contributed by atoms with Gasteiger partial charge in [-0.2, -0.15) is 0 Å². The van der Waals surface area contributed by atoms with Gasteiger partial charge in [0, 0.05) is 12.1 Å². The van der Waals surface area contributed by atoms with Crippen molar-refractivity contribution in [3.05, 3.63) is 78.1 Å². The highest BCUT2D eigenvalue weighted by Gasteiger charge is 2.15. The first-order valence-electron chi connectivity index (χ1n) is 8.08. The Kier molecular flexibility index (Phi) is 5.32. The van der Waals surface area contributed by atoms with Gasteiger partial charge < -0.3 is 9.47 Å². The van der Waals surface area contributed by atoms with E-state index in [1.54, 1.807) is 36.4 Å². The third kappa shape index (κ3) is 4.57. The molecule has 0 unspecified atom stereocenters. The molecule has 0 aliphatic carbocycles. The second kappa shape index (κ2) is 7.67. The number of rotatable bonds is 6. The van der Waals surface area contributed by atoms with Gasteiger partial charge in [0.15, 0.2) is 11.6 Å². The number of ether oxygens (including phenoxy) is 2. The lowest BCUT2D eigenvalue weighted by atomic mass is 10.2. The van der Waals surface area contributed by atoms with Crippen molar-refractivity contribution >= 4 is 15.7 Å². The molecule has 27 heavy (non-hydrogen) atoms. The van der Waals surface area contributed by atoms with E-state index in [-0.39, 0.29) is 16.3 Å². The van der Waals surface area contributed by atoms with Gasteiger partial charge in [0.25, 0.3) is 10.0 Å². The molecule has 1 N–H and O–H groups in total. The number of anilines is 1. The van der Waals surface area contributed by atoms with Crippen molar-refractivity contribution in [2.75, 3.05) is 11.8 Å². The van der Waals surface area contributed by atoms with Crippen LogP contribution in [-0.4, -0.2) is 15.5 Å². The van der Waals surface area contributed by atoms with E-state index >= 15 is 0 Å². The minimum atomic E-state index is -3.80. The summed E-state index contributed by atoms with van der Waals surface area (Å²) < 4.78 is 52.1. The van der Waals surface area contributed by atoms with Gasteiger partial charge in [0.1, 0.15) is 11.5 Å². The lowest BCUT2D eigenvalue weighted by Gasteiger charge is -2.11. The van der Waals surface area contributed by atoms with E-state index in [9.17, 15) is 12.8 Å². The van der Waals surface area contributed by atoms with E-state index in [1.165, 1.54) is 31.4 Å². The zero-order chi connectivity index (χ0) is 19.4. The highest BCUT2D eigenvalue weighted by atomic mass is 32.2. The van der Waals surface area contributed by atoms with Crippen molar-refractivity contribution in [3.63, 3.8) is 0 Å². The smallest absolute Gasteiger partial charge is 0.261 e. The van der Waals surface area contributed by atoms with Crippen LogP contribution < -0.4 is 14.2 Å². The molecule has 0 fully saturated rings. The van der Waals surface area contributed by atoms with Crippen molar-refractivity contribution in [1.29, 1.82) is 0 Å². The van der Waals surface area contributed by atoms with Crippen LogP contribution >= 0.6 is 0 Å². The van der Waals surface area contributed by atoms with Crippen LogP contribution in [-0.2, 0) is 10.0 Å². The summed E-state index contributed by atoms with van der Waals surface area (Å²) in [5.74, 6) is 0.264. The number of halogens is 1. The van der Waals surface area contributed by atoms with Gasteiger partial charge in [-0.1, -0.05) is 23.8 Å². The van der Waals surface area contributed by atoms with E-state index in [2.05, 4.69) is 4.72 Å². The molecule has 0 bridgehead atoms. The fourth-order valence-electron chi connectivity index (χ4n) is 2.37. The second-order valence-electron chi connectivity index (χ2n) is 5.84. The van der Waals surface area contributed by atoms with Gasteiger partial charge in [-0.15, -0.1) is 0 Å². The van der Waals surface area contributed by atoms with Gasteiger partial charge in [0.2, 0.25) is 0 Å². The van der Waals surface area contributed by atoms with Crippen LogP contribution in [0.2, 0.25) is 0 Å². The first-order valence-corrected chi connectivity index (χ1v) is 9.57. The summed E-state index contributed by atoms with van der Waals surface area (Å²) in [5.41, 5.74) is 1.05. The molecular formula is C20H18FNO4S. The highest BCUT2D eigenvalue weighted by Crippen LogP contribution is 2.29. The molecule has 3 rings (SSSR count). The van der Waals surface area contributed by atoms with Crippen LogP contribution in [0.5, 0.6) is 17.2 Å². The number of benzene rings is 3. The summed E-state index contributed by atoms with van der Waals surface area (Å²) >= 11 is 0. The van der Waals surface area contributed by atoms with E-state index < -0.39 is 15.8 Å². The van der Waals surface area contributed by atoms with Gasteiger partial charge in [-0.3, -0.25) is 4.72 Å². The molecular weight excluding hydrogens is 369 g/mol. The van der Waals surface area contributed by atoms with E-state index in [0.717, 1.165) is 11.6 Å². The predicted octanol–water partition coefficient (Wildman–Crippen LogP) is 4.74. The molecule has 0 atom stereocenters. The Morgan fingerprint density at radius 2 is 1.63 bits per heavy atom. The third-order valence-corrected chi connectivity index (χ3v) is 5.18. The number of sulfonamides is 1. The van der Waals surface area contributed by atoms with Crippen LogP contribution in [0.4, 0.5) is 10.1 Å². The Bertz CT molecular complexity index is 1050. The molecule has 140 valence electrons. The summed E-state index contributed by atoms with van der Waals surface area (Å²) in [6.07, 6.45) is 0. The number of nitrogens with one attached hydrogen (secondary N) is 1. The molecule has 0 heterocycles. The van der Waals surface area contributed by atoms with Gasteiger partial charge in [0.05, 0.1) is 17.7 Å². The molecule has 0 aliphatic rings. The number of hydrogen-bond donors (Lipinski definition) is 1. The Balaban J connectivity index is 1.79. The molecule has 0 spiro atoms. The molecule has 0 amide bonds. The quantitative estimate of drug-likeness (QED) is 0.664.